The molecular formula is C19H21F3N4O3S. The number of methoxy groups -OCH3 is 1. The van der Waals surface area contributed by atoms with Crippen LogP contribution >= 0.6 is 11.3 Å². The summed E-state index contributed by atoms with van der Waals surface area (Å²) in [5.74, 6) is -0.366. The fourth-order valence-corrected chi connectivity index (χ4v) is 3.90. The molecule has 2 amide bonds. The van der Waals surface area contributed by atoms with Gasteiger partial charge >= 0.3 is 18.2 Å². The Morgan fingerprint density at radius 1 is 1.27 bits per heavy atom. The molecular weight excluding hydrogens is 421 g/mol. The number of esters is 1. The van der Waals surface area contributed by atoms with E-state index in [4.69, 9.17) is 0 Å². The predicted molar refractivity (Wildman–Crippen MR) is 107 cm³/mol. The van der Waals surface area contributed by atoms with Crippen LogP contribution in [0.5, 0.6) is 0 Å². The summed E-state index contributed by atoms with van der Waals surface area (Å²) in [6, 6.07) is 5.08. The highest BCUT2D eigenvalue weighted by molar-refractivity contribution is 7.17. The number of ether oxygens (including phenoxy) is 1. The standard InChI is InChI=1S/C19H21F3N4O3S/c1-29-16(27)15-11-24-17(30-15)25-18(28)26-8-6-12(7-9-26)10-23-14-5-3-2-4-13(14)19(20,21)22/h2-5,11-12,23H,6-10H2,1H3,(H,24,25,28). The molecule has 0 spiro atoms. The number of benzene rings is 1. The van der Waals surface area contributed by atoms with Crippen molar-refractivity contribution in [2.24, 2.45) is 5.92 Å². The first-order valence-corrected chi connectivity index (χ1v) is 10.1. The van der Waals surface area contributed by atoms with Gasteiger partial charge in [0, 0.05) is 25.3 Å². The Morgan fingerprint density at radius 2 is 1.97 bits per heavy atom. The highest BCUT2D eigenvalue weighted by Gasteiger charge is 2.33. The van der Waals surface area contributed by atoms with Crippen molar-refractivity contribution in [2.45, 2.75) is 19.0 Å². The van der Waals surface area contributed by atoms with Crippen LogP contribution in [0.1, 0.15) is 28.1 Å². The summed E-state index contributed by atoms with van der Waals surface area (Å²) >= 11 is 1.02. The fourth-order valence-electron chi connectivity index (χ4n) is 3.18. The van der Waals surface area contributed by atoms with E-state index in [0.29, 0.717) is 37.6 Å². The second-order valence-corrected chi connectivity index (χ2v) is 7.84. The maximum Gasteiger partial charge on any atom is 0.418 e. The monoisotopic (exact) mass is 442 g/mol. The Hall–Kier alpha value is -2.82. The zero-order chi connectivity index (χ0) is 21.7. The Balaban J connectivity index is 1.48. The van der Waals surface area contributed by atoms with Gasteiger partial charge in [0.1, 0.15) is 4.88 Å². The van der Waals surface area contributed by atoms with Crippen LogP contribution in [0.3, 0.4) is 0 Å². The van der Waals surface area contributed by atoms with Gasteiger partial charge in [-0.1, -0.05) is 23.5 Å². The molecule has 0 radical (unpaired) electrons. The largest absolute Gasteiger partial charge is 0.465 e. The third-order valence-corrected chi connectivity index (χ3v) is 5.71. The number of carbonyl (C=O) groups excluding carboxylic acids is 2. The van der Waals surface area contributed by atoms with Gasteiger partial charge in [-0.2, -0.15) is 13.2 Å². The molecule has 7 nitrogen and oxygen atoms in total. The normalized spacial score (nSPS) is 15.0. The molecule has 3 rings (SSSR count). The van der Waals surface area contributed by atoms with Crippen molar-refractivity contribution in [1.82, 2.24) is 9.88 Å². The number of carbonyl (C=O) groups is 2. The average Bonchev–Trinajstić information content (AvgIpc) is 3.20. The van der Waals surface area contributed by atoms with Crippen LogP contribution < -0.4 is 10.6 Å². The molecule has 162 valence electrons. The number of thiazole rings is 1. The molecule has 1 fully saturated rings. The third-order valence-electron chi connectivity index (χ3n) is 4.82. The van der Waals surface area contributed by atoms with E-state index in [-0.39, 0.29) is 22.5 Å². The lowest BCUT2D eigenvalue weighted by molar-refractivity contribution is -0.137. The Bertz CT molecular complexity index is 895. The smallest absolute Gasteiger partial charge is 0.418 e. The van der Waals surface area contributed by atoms with Gasteiger partial charge in [0.05, 0.1) is 18.9 Å². The first-order valence-electron chi connectivity index (χ1n) is 9.28. The van der Waals surface area contributed by atoms with Gasteiger partial charge in [0.15, 0.2) is 5.13 Å². The van der Waals surface area contributed by atoms with Crippen molar-refractivity contribution in [3.63, 3.8) is 0 Å². The number of hydrogen-bond acceptors (Lipinski definition) is 6. The number of rotatable bonds is 5. The van der Waals surface area contributed by atoms with Gasteiger partial charge in [-0.15, -0.1) is 0 Å². The summed E-state index contributed by atoms with van der Waals surface area (Å²) < 4.78 is 43.8. The number of urea groups is 1. The maximum absolute atomic E-state index is 13.1. The second kappa shape index (κ2) is 9.33. The lowest BCUT2D eigenvalue weighted by atomic mass is 9.96. The predicted octanol–water partition coefficient (Wildman–Crippen LogP) is 4.30. The zero-order valence-electron chi connectivity index (χ0n) is 16.2. The molecule has 1 aromatic carbocycles. The van der Waals surface area contributed by atoms with Crippen LogP contribution in [0, 0.1) is 5.92 Å². The van der Waals surface area contributed by atoms with Crippen LogP contribution in [0.4, 0.5) is 28.8 Å². The molecule has 11 heteroatoms. The molecule has 1 aliphatic heterocycles. The van der Waals surface area contributed by atoms with Crippen LogP contribution in [-0.4, -0.2) is 48.6 Å². The molecule has 2 N–H and O–H groups in total. The Labute approximate surface area is 175 Å². The van der Waals surface area contributed by atoms with Gasteiger partial charge in [0.25, 0.3) is 0 Å². The summed E-state index contributed by atoms with van der Waals surface area (Å²) in [6.07, 6.45) is -1.74. The van der Waals surface area contributed by atoms with Crippen molar-refractivity contribution in [3.05, 3.63) is 40.9 Å². The number of anilines is 2. The molecule has 1 aromatic heterocycles. The molecule has 1 aliphatic rings. The van der Waals surface area contributed by atoms with E-state index in [2.05, 4.69) is 20.4 Å². The second-order valence-electron chi connectivity index (χ2n) is 6.81. The van der Waals surface area contributed by atoms with Crippen LogP contribution in [0.25, 0.3) is 0 Å². The van der Waals surface area contributed by atoms with Gasteiger partial charge < -0.3 is 15.0 Å². The molecule has 0 atom stereocenters. The SMILES string of the molecule is COC(=O)c1cnc(NC(=O)N2CCC(CNc3ccccc3C(F)(F)F)CC2)s1. The lowest BCUT2D eigenvalue weighted by Gasteiger charge is -2.32. The number of para-hydroxylation sites is 1. The highest BCUT2D eigenvalue weighted by Crippen LogP contribution is 2.34. The molecule has 0 aliphatic carbocycles. The van der Waals surface area contributed by atoms with Crippen molar-refractivity contribution in [1.29, 1.82) is 0 Å². The minimum Gasteiger partial charge on any atom is -0.465 e. The molecule has 1 saturated heterocycles. The van der Waals surface area contributed by atoms with Crippen LogP contribution in [0.2, 0.25) is 0 Å². The van der Waals surface area contributed by atoms with Gasteiger partial charge in [0.2, 0.25) is 0 Å². The Morgan fingerprint density at radius 3 is 2.63 bits per heavy atom. The number of hydrogen-bond donors (Lipinski definition) is 2. The number of alkyl halides is 3. The number of halogens is 3. The van der Waals surface area contributed by atoms with Gasteiger partial charge in [-0.3, -0.25) is 5.32 Å². The van der Waals surface area contributed by atoms with E-state index in [9.17, 15) is 22.8 Å². The maximum atomic E-state index is 13.1. The van der Waals surface area contributed by atoms with Crippen LogP contribution in [-0.2, 0) is 10.9 Å². The van der Waals surface area contributed by atoms with Gasteiger partial charge in [-0.25, -0.2) is 14.6 Å². The molecule has 0 saturated carbocycles. The first-order chi connectivity index (χ1) is 14.3. The summed E-state index contributed by atoms with van der Waals surface area (Å²) in [4.78, 5) is 29.7. The Kier molecular flexibility index (Phi) is 6.80. The zero-order valence-corrected chi connectivity index (χ0v) is 17.0. The molecule has 0 bridgehead atoms. The topological polar surface area (TPSA) is 83.6 Å². The quantitative estimate of drug-likeness (QED) is 0.675. The van der Waals surface area contributed by atoms with E-state index < -0.39 is 17.7 Å². The van der Waals surface area contributed by atoms with E-state index in [1.54, 1.807) is 11.0 Å². The number of nitrogens with zero attached hydrogens (tertiary/aromatic N) is 2. The van der Waals surface area contributed by atoms with E-state index in [1.807, 2.05) is 0 Å². The van der Waals surface area contributed by atoms with Crippen molar-refractivity contribution in [3.8, 4) is 0 Å². The minimum absolute atomic E-state index is 0.0651. The first kappa shape index (κ1) is 21.9. The number of nitrogens with one attached hydrogen (secondary N) is 2. The number of amides is 2. The molecule has 2 heterocycles. The number of likely N-dealkylation sites (tertiary alicyclic amines) is 1. The molecule has 30 heavy (non-hydrogen) atoms. The van der Waals surface area contributed by atoms with E-state index in [0.717, 1.165) is 17.4 Å². The minimum atomic E-state index is -4.41. The highest BCUT2D eigenvalue weighted by atomic mass is 32.1. The number of piperidine rings is 1. The van der Waals surface area contributed by atoms with Crippen molar-refractivity contribution < 1.29 is 27.5 Å². The summed E-state index contributed by atoms with van der Waals surface area (Å²) in [6.45, 7) is 1.36. The van der Waals surface area contributed by atoms with E-state index in [1.165, 1.54) is 25.4 Å². The lowest BCUT2D eigenvalue weighted by Crippen LogP contribution is -2.42. The summed E-state index contributed by atoms with van der Waals surface area (Å²) in [5.41, 5.74) is -0.619. The third kappa shape index (κ3) is 5.41. The average molecular weight is 442 g/mol. The molecule has 2 aromatic rings. The summed E-state index contributed by atoms with van der Waals surface area (Å²) in [7, 11) is 1.26. The number of aromatic nitrogens is 1. The summed E-state index contributed by atoms with van der Waals surface area (Å²) in [5, 5.41) is 5.85. The molecule has 0 unspecified atom stereocenters. The van der Waals surface area contributed by atoms with Crippen molar-refractivity contribution >= 4 is 34.2 Å². The fraction of sp³-hybridized carbons (Fsp3) is 0.421. The van der Waals surface area contributed by atoms with Crippen LogP contribution in [0.15, 0.2) is 30.5 Å². The van der Waals surface area contributed by atoms with E-state index >= 15 is 0 Å². The van der Waals surface area contributed by atoms with Crippen molar-refractivity contribution in [2.75, 3.05) is 37.4 Å². The van der Waals surface area contributed by atoms with Gasteiger partial charge in [-0.05, 0) is 30.9 Å².